The third kappa shape index (κ3) is 2.73. The van der Waals surface area contributed by atoms with Crippen molar-refractivity contribution in [1.29, 1.82) is 0 Å². The molecule has 2 N–H and O–H groups in total. The van der Waals surface area contributed by atoms with Crippen molar-refractivity contribution in [2.75, 3.05) is 0 Å². The first-order valence-electron chi connectivity index (χ1n) is 6.59. The quantitative estimate of drug-likeness (QED) is 0.793. The van der Waals surface area contributed by atoms with Crippen LogP contribution in [0.25, 0.3) is 0 Å². The lowest BCUT2D eigenvalue weighted by molar-refractivity contribution is 0.379. The number of rotatable bonds is 2. The van der Waals surface area contributed by atoms with Crippen molar-refractivity contribution < 1.29 is 0 Å². The average Bonchev–Trinajstić information content (AvgIpc) is 2.76. The van der Waals surface area contributed by atoms with Crippen LogP contribution in [0.2, 0.25) is 10.0 Å². The van der Waals surface area contributed by atoms with Gasteiger partial charge in [-0.1, -0.05) is 47.5 Å². The molecule has 2 aromatic rings. The second kappa shape index (κ2) is 5.48. The van der Waals surface area contributed by atoms with Gasteiger partial charge in [-0.3, -0.25) is 0 Å². The Hall–Kier alpha value is -1.29. The van der Waals surface area contributed by atoms with Gasteiger partial charge in [0.05, 0.1) is 11.6 Å². The molecule has 2 aromatic carbocycles. The monoisotopic (exact) mass is 336 g/mol. The van der Waals surface area contributed by atoms with E-state index in [1.54, 1.807) is 0 Å². The fraction of sp³-hybridized carbons (Fsp3) is 0.188. The van der Waals surface area contributed by atoms with Gasteiger partial charge in [0, 0.05) is 10.0 Å². The van der Waals surface area contributed by atoms with Crippen LogP contribution in [0.4, 0.5) is 0 Å². The molecule has 0 aliphatic carbocycles. The van der Waals surface area contributed by atoms with Gasteiger partial charge in [-0.15, -0.1) is 0 Å². The molecule has 1 aliphatic heterocycles. The third-order valence-corrected chi connectivity index (χ3v) is 4.60. The molecule has 1 fully saturated rings. The summed E-state index contributed by atoms with van der Waals surface area (Å²) in [6.07, 6.45) is 0. The van der Waals surface area contributed by atoms with Crippen LogP contribution in [0.15, 0.2) is 48.5 Å². The van der Waals surface area contributed by atoms with Crippen LogP contribution in [0.5, 0.6) is 0 Å². The topological polar surface area (TPSA) is 24.1 Å². The fourth-order valence-corrected chi connectivity index (χ4v) is 3.31. The standard InChI is InChI=1S/C16H14Cl2N2S/c1-16(11-4-8-13(18)9-5-11)14(19-15(21)20-16)10-2-6-12(17)7-3-10/h2-9,14H,1H3,(H2,19,20,21)/t14-,16-/m1/s1. The first kappa shape index (κ1) is 14.6. The second-order valence-corrected chi connectivity index (χ2v) is 6.57. The lowest BCUT2D eigenvalue weighted by Crippen LogP contribution is -2.39. The molecule has 2 nitrogen and oxygen atoms in total. The molecule has 21 heavy (non-hydrogen) atoms. The minimum absolute atomic E-state index is 0.0310. The molecular formula is C16H14Cl2N2S. The number of nitrogens with one attached hydrogen (secondary N) is 2. The number of hydrogen-bond acceptors (Lipinski definition) is 1. The summed E-state index contributed by atoms with van der Waals surface area (Å²) >= 11 is 17.3. The maximum atomic E-state index is 5.99. The Morgan fingerprint density at radius 1 is 0.952 bits per heavy atom. The highest BCUT2D eigenvalue weighted by Crippen LogP contribution is 2.38. The largest absolute Gasteiger partial charge is 0.353 e. The SMILES string of the molecule is C[C@]1(c2ccc(Cl)cc2)NC(=S)N[C@@H]1c1ccc(Cl)cc1. The molecule has 0 bridgehead atoms. The Bertz CT molecular complexity index is 670. The van der Waals surface area contributed by atoms with Crippen LogP contribution >= 0.6 is 35.4 Å². The maximum absolute atomic E-state index is 5.99. The Morgan fingerprint density at radius 2 is 1.48 bits per heavy atom. The van der Waals surface area contributed by atoms with E-state index in [1.165, 1.54) is 0 Å². The zero-order valence-corrected chi connectivity index (χ0v) is 13.7. The van der Waals surface area contributed by atoms with Crippen molar-refractivity contribution in [1.82, 2.24) is 10.6 Å². The van der Waals surface area contributed by atoms with E-state index in [0.717, 1.165) is 21.2 Å². The normalized spacial score (nSPS) is 24.5. The van der Waals surface area contributed by atoms with Crippen LogP contribution in [-0.2, 0) is 5.54 Å². The molecule has 0 aromatic heterocycles. The first-order valence-corrected chi connectivity index (χ1v) is 7.76. The molecule has 108 valence electrons. The van der Waals surface area contributed by atoms with E-state index in [2.05, 4.69) is 17.6 Å². The summed E-state index contributed by atoms with van der Waals surface area (Å²) in [6, 6.07) is 15.7. The van der Waals surface area contributed by atoms with Crippen molar-refractivity contribution >= 4 is 40.5 Å². The highest BCUT2D eigenvalue weighted by atomic mass is 35.5. The summed E-state index contributed by atoms with van der Waals surface area (Å²) in [5, 5.41) is 8.80. The van der Waals surface area contributed by atoms with Crippen LogP contribution in [0, 0.1) is 0 Å². The van der Waals surface area contributed by atoms with Gasteiger partial charge in [0.15, 0.2) is 5.11 Å². The van der Waals surface area contributed by atoms with E-state index >= 15 is 0 Å². The van der Waals surface area contributed by atoms with E-state index < -0.39 is 0 Å². The first-order chi connectivity index (χ1) is 9.99. The van der Waals surface area contributed by atoms with Crippen molar-refractivity contribution in [3.05, 3.63) is 69.7 Å². The van der Waals surface area contributed by atoms with Gasteiger partial charge < -0.3 is 10.6 Å². The van der Waals surface area contributed by atoms with Gasteiger partial charge in [0.25, 0.3) is 0 Å². The van der Waals surface area contributed by atoms with Crippen LogP contribution < -0.4 is 10.6 Å². The van der Waals surface area contributed by atoms with Gasteiger partial charge in [-0.2, -0.15) is 0 Å². The molecule has 1 aliphatic rings. The van der Waals surface area contributed by atoms with E-state index in [9.17, 15) is 0 Å². The van der Waals surface area contributed by atoms with Crippen molar-refractivity contribution in [3.8, 4) is 0 Å². The summed E-state index contributed by atoms with van der Waals surface area (Å²) in [7, 11) is 0. The second-order valence-electron chi connectivity index (χ2n) is 5.29. The van der Waals surface area contributed by atoms with E-state index in [0.29, 0.717) is 5.11 Å². The minimum Gasteiger partial charge on any atom is -0.353 e. The van der Waals surface area contributed by atoms with Gasteiger partial charge >= 0.3 is 0 Å². The third-order valence-electron chi connectivity index (χ3n) is 3.87. The average molecular weight is 337 g/mol. The zero-order chi connectivity index (χ0) is 15.0. The summed E-state index contributed by atoms with van der Waals surface area (Å²) in [4.78, 5) is 0. The fourth-order valence-electron chi connectivity index (χ4n) is 2.73. The number of halogens is 2. The lowest BCUT2D eigenvalue weighted by Gasteiger charge is -2.31. The smallest absolute Gasteiger partial charge is 0.167 e. The molecule has 5 heteroatoms. The van der Waals surface area contributed by atoms with Gasteiger partial charge in [0.2, 0.25) is 0 Å². The summed E-state index contributed by atoms with van der Waals surface area (Å²) in [5.41, 5.74) is 1.92. The predicted molar refractivity (Wildman–Crippen MR) is 91.9 cm³/mol. The highest BCUT2D eigenvalue weighted by molar-refractivity contribution is 7.80. The molecule has 0 saturated carbocycles. The van der Waals surface area contributed by atoms with E-state index in [-0.39, 0.29) is 11.6 Å². The van der Waals surface area contributed by atoms with Crippen LogP contribution in [0.1, 0.15) is 24.1 Å². The van der Waals surface area contributed by atoms with Gasteiger partial charge in [-0.25, -0.2) is 0 Å². The van der Waals surface area contributed by atoms with Crippen LogP contribution in [-0.4, -0.2) is 5.11 Å². The van der Waals surface area contributed by atoms with Gasteiger partial charge in [0.1, 0.15) is 0 Å². The van der Waals surface area contributed by atoms with Crippen molar-refractivity contribution in [2.24, 2.45) is 0 Å². The molecule has 0 unspecified atom stereocenters. The number of thiocarbonyl (C=S) groups is 1. The van der Waals surface area contributed by atoms with Crippen molar-refractivity contribution in [3.63, 3.8) is 0 Å². The molecule has 3 rings (SSSR count). The van der Waals surface area contributed by atoms with Crippen LogP contribution in [0.3, 0.4) is 0 Å². The van der Waals surface area contributed by atoms with E-state index in [4.69, 9.17) is 35.4 Å². The predicted octanol–water partition coefficient (Wildman–Crippen LogP) is 4.43. The summed E-state index contributed by atoms with van der Waals surface area (Å²) in [5.74, 6) is 0. The lowest BCUT2D eigenvalue weighted by atomic mass is 9.82. The summed E-state index contributed by atoms with van der Waals surface area (Å²) in [6.45, 7) is 2.13. The number of benzene rings is 2. The highest BCUT2D eigenvalue weighted by Gasteiger charge is 2.43. The van der Waals surface area contributed by atoms with Crippen molar-refractivity contribution in [2.45, 2.75) is 18.5 Å². The van der Waals surface area contributed by atoms with E-state index in [1.807, 2.05) is 48.5 Å². The zero-order valence-electron chi connectivity index (χ0n) is 11.4. The Morgan fingerprint density at radius 3 is 2.05 bits per heavy atom. The minimum atomic E-state index is -0.338. The molecule has 1 saturated heterocycles. The Labute approximate surface area is 139 Å². The van der Waals surface area contributed by atoms with Gasteiger partial charge in [-0.05, 0) is 54.5 Å². The Kier molecular flexibility index (Phi) is 3.82. The molecule has 2 atom stereocenters. The maximum Gasteiger partial charge on any atom is 0.167 e. The molecule has 0 amide bonds. The molecule has 0 spiro atoms. The molecule has 1 heterocycles. The summed E-state index contributed by atoms with van der Waals surface area (Å²) < 4.78 is 0. The molecule has 0 radical (unpaired) electrons. The molecular weight excluding hydrogens is 323 g/mol. The Balaban J connectivity index is 2.04. The number of hydrogen-bond donors (Lipinski definition) is 2.